The van der Waals surface area contributed by atoms with E-state index in [1.54, 1.807) is 0 Å². The number of hydrogen-bond acceptors (Lipinski definition) is 3. The lowest BCUT2D eigenvalue weighted by atomic mass is 9.83. The lowest BCUT2D eigenvalue weighted by Gasteiger charge is -2.30. The van der Waals surface area contributed by atoms with Crippen LogP contribution in [0.15, 0.2) is 54.0 Å². The lowest BCUT2D eigenvalue weighted by molar-refractivity contribution is -0.138. The summed E-state index contributed by atoms with van der Waals surface area (Å²) in [5, 5.41) is 0. The van der Waals surface area contributed by atoms with Gasteiger partial charge in [-0.15, -0.1) is 0 Å². The standard InChI is InChI=1S/C17H20O3/c1-13(18)20-16-10-9-15(11-17(16,2)3)19-12-14-7-5-4-6-8-14/h4-10H,11-12H2,1-3H3. The molecule has 1 aliphatic carbocycles. The molecule has 1 aliphatic rings. The molecule has 0 spiro atoms. The minimum Gasteiger partial charge on any atom is -0.493 e. The van der Waals surface area contributed by atoms with E-state index in [4.69, 9.17) is 9.47 Å². The van der Waals surface area contributed by atoms with Gasteiger partial charge >= 0.3 is 5.97 Å². The van der Waals surface area contributed by atoms with Crippen LogP contribution in [-0.4, -0.2) is 5.97 Å². The molecule has 0 aromatic heterocycles. The fraction of sp³-hybridized carbons (Fsp3) is 0.353. The first-order chi connectivity index (χ1) is 9.47. The van der Waals surface area contributed by atoms with E-state index in [0.717, 1.165) is 17.7 Å². The molecule has 3 heteroatoms. The average molecular weight is 272 g/mol. The Kier molecular flexibility index (Phi) is 4.28. The molecular formula is C17H20O3. The molecule has 0 amide bonds. The fourth-order valence-electron chi connectivity index (χ4n) is 2.15. The van der Waals surface area contributed by atoms with Gasteiger partial charge in [-0.25, -0.2) is 0 Å². The summed E-state index contributed by atoms with van der Waals surface area (Å²) in [6.07, 6.45) is 4.43. The van der Waals surface area contributed by atoms with Gasteiger partial charge in [0.05, 0.1) is 5.76 Å². The normalized spacial score (nSPS) is 16.9. The van der Waals surface area contributed by atoms with Crippen molar-refractivity contribution in [1.82, 2.24) is 0 Å². The van der Waals surface area contributed by atoms with E-state index in [-0.39, 0.29) is 11.4 Å². The number of rotatable bonds is 4. The Hall–Kier alpha value is -2.03. The molecule has 0 radical (unpaired) electrons. The van der Waals surface area contributed by atoms with Crippen LogP contribution >= 0.6 is 0 Å². The molecule has 106 valence electrons. The number of benzene rings is 1. The quantitative estimate of drug-likeness (QED) is 0.778. The number of carbonyl (C=O) groups excluding carboxylic acids is 1. The number of ether oxygens (including phenoxy) is 2. The Morgan fingerprint density at radius 1 is 1.20 bits per heavy atom. The maximum Gasteiger partial charge on any atom is 0.307 e. The molecule has 0 N–H and O–H groups in total. The average Bonchev–Trinajstić information content (AvgIpc) is 2.40. The van der Waals surface area contributed by atoms with Crippen molar-refractivity contribution < 1.29 is 14.3 Å². The van der Waals surface area contributed by atoms with Crippen LogP contribution in [0.3, 0.4) is 0 Å². The monoisotopic (exact) mass is 272 g/mol. The Balaban J connectivity index is 2.02. The Bertz CT molecular complexity index is 539. The van der Waals surface area contributed by atoms with Crippen LogP contribution in [0.5, 0.6) is 0 Å². The summed E-state index contributed by atoms with van der Waals surface area (Å²) in [6, 6.07) is 10.1. The highest BCUT2D eigenvalue weighted by molar-refractivity contribution is 5.67. The first kappa shape index (κ1) is 14.4. The number of hydrogen-bond donors (Lipinski definition) is 0. The molecule has 0 atom stereocenters. The van der Waals surface area contributed by atoms with E-state index >= 15 is 0 Å². The first-order valence-electron chi connectivity index (χ1n) is 6.74. The molecule has 0 heterocycles. The zero-order valence-corrected chi connectivity index (χ0v) is 12.2. The predicted molar refractivity (Wildman–Crippen MR) is 77.6 cm³/mol. The third-order valence-electron chi connectivity index (χ3n) is 3.22. The van der Waals surface area contributed by atoms with E-state index in [2.05, 4.69) is 0 Å². The van der Waals surface area contributed by atoms with Crippen molar-refractivity contribution in [3.8, 4) is 0 Å². The van der Waals surface area contributed by atoms with Crippen LogP contribution in [-0.2, 0) is 20.9 Å². The van der Waals surface area contributed by atoms with Gasteiger partial charge in [0.25, 0.3) is 0 Å². The Morgan fingerprint density at radius 2 is 1.90 bits per heavy atom. The topological polar surface area (TPSA) is 35.5 Å². The summed E-state index contributed by atoms with van der Waals surface area (Å²) in [5.41, 5.74) is 0.910. The van der Waals surface area contributed by atoms with Crippen molar-refractivity contribution in [1.29, 1.82) is 0 Å². The summed E-state index contributed by atoms with van der Waals surface area (Å²) < 4.78 is 11.1. The van der Waals surface area contributed by atoms with E-state index in [9.17, 15) is 4.79 Å². The van der Waals surface area contributed by atoms with E-state index in [0.29, 0.717) is 12.4 Å². The molecule has 0 fully saturated rings. The first-order valence-corrected chi connectivity index (χ1v) is 6.74. The van der Waals surface area contributed by atoms with Crippen LogP contribution in [0.2, 0.25) is 0 Å². The fourth-order valence-corrected chi connectivity index (χ4v) is 2.15. The zero-order chi connectivity index (χ0) is 14.6. The molecule has 0 saturated carbocycles. The molecule has 2 rings (SSSR count). The molecule has 0 bridgehead atoms. The third-order valence-corrected chi connectivity index (χ3v) is 3.22. The maximum atomic E-state index is 11.1. The largest absolute Gasteiger partial charge is 0.493 e. The predicted octanol–water partition coefficient (Wildman–Crippen LogP) is 3.96. The summed E-state index contributed by atoms with van der Waals surface area (Å²) in [4.78, 5) is 11.1. The number of carbonyl (C=O) groups is 1. The van der Waals surface area contributed by atoms with E-state index in [1.807, 2.05) is 56.3 Å². The number of allylic oxidation sites excluding steroid dienone is 4. The third kappa shape index (κ3) is 3.73. The molecule has 0 aliphatic heterocycles. The van der Waals surface area contributed by atoms with Crippen LogP contribution < -0.4 is 0 Å². The van der Waals surface area contributed by atoms with Gasteiger partial charge in [-0.1, -0.05) is 44.2 Å². The second kappa shape index (κ2) is 5.95. The molecule has 0 saturated heterocycles. The van der Waals surface area contributed by atoms with Crippen LogP contribution in [0, 0.1) is 5.41 Å². The lowest BCUT2D eigenvalue weighted by Crippen LogP contribution is -2.22. The second-order valence-electron chi connectivity index (χ2n) is 5.59. The van der Waals surface area contributed by atoms with Crippen LogP contribution in [0.4, 0.5) is 0 Å². The van der Waals surface area contributed by atoms with Crippen molar-refractivity contribution in [2.45, 2.75) is 33.8 Å². The van der Waals surface area contributed by atoms with Crippen LogP contribution in [0.25, 0.3) is 0 Å². The highest BCUT2D eigenvalue weighted by atomic mass is 16.5. The van der Waals surface area contributed by atoms with Gasteiger partial charge < -0.3 is 9.47 Å². The Morgan fingerprint density at radius 3 is 2.50 bits per heavy atom. The van der Waals surface area contributed by atoms with Gasteiger partial charge in [0.15, 0.2) is 0 Å². The molecule has 0 unspecified atom stereocenters. The molecule has 1 aromatic rings. The number of esters is 1. The SMILES string of the molecule is CC(=O)OC1=CC=C(OCc2ccccc2)CC1(C)C. The van der Waals surface area contributed by atoms with Crippen LogP contribution in [0.1, 0.15) is 32.8 Å². The molecule has 3 nitrogen and oxygen atoms in total. The van der Waals surface area contributed by atoms with E-state index < -0.39 is 0 Å². The Labute approximate surface area is 119 Å². The highest BCUT2D eigenvalue weighted by Gasteiger charge is 2.30. The van der Waals surface area contributed by atoms with Crippen molar-refractivity contribution in [3.05, 3.63) is 59.6 Å². The molecular weight excluding hydrogens is 252 g/mol. The summed E-state index contributed by atoms with van der Waals surface area (Å²) in [6.45, 7) is 6.06. The van der Waals surface area contributed by atoms with Gasteiger partial charge in [-0.3, -0.25) is 4.79 Å². The van der Waals surface area contributed by atoms with Gasteiger partial charge in [-0.05, 0) is 17.7 Å². The summed E-state index contributed by atoms with van der Waals surface area (Å²) in [5.74, 6) is 1.32. The smallest absolute Gasteiger partial charge is 0.307 e. The van der Waals surface area contributed by atoms with Gasteiger partial charge in [0.1, 0.15) is 12.4 Å². The minimum absolute atomic E-state index is 0.230. The van der Waals surface area contributed by atoms with Crippen molar-refractivity contribution in [3.63, 3.8) is 0 Å². The maximum absolute atomic E-state index is 11.1. The molecule has 20 heavy (non-hydrogen) atoms. The van der Waals surface area contributed by atoms with Crippen molar-refractivity contribution in [2.75, 3.05) is 0 Å². The highest BCUT2D eigenvalue weighted by Crippen LogP contribution is 2.38. The molecule has 1 aromatic carbocycles. The van der Waals surface area contributed by atoms with Crippen molar-refractivity contribution in [2.24, 2.45) is 5.41 Å². The summed E-state index contributed by atoms with van der Waals surface area (Å²) in [7, 11) is 0. The zero-order valence-electron chi connectivity index (χ0n) is 12.2. The van der Waals surface area contributed by atoms with E-state index in [1.165, 1.54) is 6.92 Å². The van der Waals surface area contributed by atoms with Gasteiger partial charge in [-0.2, -0.15) is 0 Å². The summed E-state index contributed by atoms with van der Waals surface area (Å²) >= 11 is 0. The van der Waals surface area contributed by atoms with Gasteiger partial charge in [0, 0.05) is 18.8 Å². The second-order valence-corrected chi connectivity index (χ2v) is 5.59. The van der Waals surface area contributed by atoms with Gasteiger partial charge in [0.2, 0.25) is 0 Å². The van der Waals surface area contributed by atoms with Crippen molar-refractivity contribution >= 4 is 5.97 Å². The minimum atomic E-state index is -0.286.